The van der Waals surface area contributed by atoms with E-state index >= 15 is 0 Å². The summed E-state index contributed by atoms with van der Waals surface area (Å²) in [5, 5.41) is 11.7. The predicted octanol–water partition coefficient (Wildman–Crippen LogP) is 3.08. The fourth-order valence-corrected chi connectivity index (χ4v) is 4.37. The first-order chi connectivity index (χ1) is 17.4. The van der Waals surface area contributed by atoms with Crippen LogP contribution in [-0.4, -0.2) is 62.1 Å². The SMILES string of the molecule is COc1cnc(-c2nn(CC3CC(=O)N(C)C3)c3ccccc23)nc1Nc1ccnc(NC(C)=O)c1. The number of ether oxygens (including phenoxy) is 1. The Bertz CT molecular complexity index is 1450. The van der Waals surface area contributed by atoms with Crippen molar-refractivity contribution in [2.75, 3.05) is 31.3 Å². The molecular weight excluding hydrogens is 460 g/mol. The molecule has 3 aromatic heterocycles. The number of carbonyl (C=O) groups excluding carboxylic acids is 2. The lowest BCUT2D eigenvalue weighted by atomic mass is 10.1. The van der Waals surface area contributed by atoms with Crippen molar-refractivity contribution in [2.45, 2.75) is 19.9 Å². The van der Waals surface area contributed by atoms with E-state index in [0.717, 1.165) is 10.9 Å². The van der Waals surface area contributed by atoms with Crippen molar-refractivity contribution >= 4 is 40.0 Å². The lowest BCUT2D eigenvalue weighted by molar-refractivity contribution is -0.126. The number of rotatable bonds is 7. The molecule has 1 aliphatic rings. The van der Waals surface area contributed by atoms with Gasteiger partial charge in [0.1, 0.15) is 11.5 Å². The number of para-hydroxylation sites is 1. The maximum absolute atomic E-state index is 12.0. The predicted molar refractivity (Wildman–Crippen MR) is 135 cm³/mol. The number of nitrogens with zero attached hydrogens (tertiary/aromatic N) is 6. The van der Waals surface area contributed by atoms with Crippen molar-refractivity contribution < 1.29 is 14.3 Å². The highest BCUT2D eigenvalue weighted by Gasteiger charge is 2.28. The van der Waals surface area contributed by atoms with Crippen LogP contribution < -0.4 is 15.4 Å². The summed E-state index contributed by atoms with van der Waals surface area (Å²) in [5.74, 6) is 1.89. The van der Waals surface area contributed by atoms with Crippen molar-refractivity contribution in [3.63, 3.8) is 0 Å². The zero-order valence-electron chi connectivity index (χ0n) is 20.2. The average Bonchev–Trinajstić information content (AvgIpc) is 3.38. The topological polar surface area (TPSA) is 127 Å². The molecule has 1 atom stereocenters. The Kier molecular flexibility index (Phi) is 6.19. The molecule has 184 valence electrons. The highest BCUT2D eigenvalue weighted by Crippen LogP contribution is 2.32. The maximum Gasteiger partial charge on any atom is 0.222 e. The lowest BCUT2D eigenvalue weighted by Gasteiger charge is -2.12. The zero-order chi connectivity index (χ0) is 25.2. The Morgan fingerprint density at radius 1 is 1.22 bits per heavy atom. The lowest BCUT2D eigenvalue weighted by Crippen LogP contribution is -2.20. The number of hydrogen-bond donors (Lipinski definition) is 2. The minimum absolute atomic E-state index is 0.156. The van der Waals surface area contributed by atoms with Crippen molar-refractivity contribution in [1.82, 2.24) is 29.6 Å². The van der Waals surface area contributed by atoms with Crippen LogP contribution in [0.15, 0.2) is 48.8 Å². The van der Waals surface area contributed by atoms with Crippen LogP contribution in [0.3, 0.4) is 0 Å². The van der Waals surface area contributed by atoms with E-state index in [1.807, 2.05) is 36.0 Å². The van der Waals surface area contributed by atoms with Gasteiger partial charge in [0.25, 0.3) is 0 Å². The minimum atomic E-state index is -0.211. The van der Waals surface area contributed by atoms with E-state index in [1.165, 1.54) is 6.92 Å². The molecular formula is C25H26N8O3. The van der Waals surface area contributed by atoms with Gasteiger partial charge < -0.3 is 20.3 Å². The van der Waals surface area contributed by atoms with Gasteiger partial charge in [0.2, 0.25) is 11.8 Å². The Balaban J connectivity index is 1.49. The molecule has 11 nitrogen and oxygen atoms in total. The minimum Gasteiger partial charge on any atom is -0.491 e. The van der Waals surface area contributed by atoms with E-state index in [0.29, 0.717) is 54.1 Å². The first-order valence-electron chi connectivity index (χ1n) is 11.5. The number of fused-ring (bicyclic) bond motifs is 1. The summed E-state index contributed by atoms with van der Waals surface area (Å²) in [7, 11) is 3.37. The zero-order valence-corrected chi connectivity index (χ0v) is 20.2. The van der Waals surface area contributed by atoms with Gasteiger partial charge in [-0.3, -0.25) is 14.3 Å². The van der Waals surface area contributed by atoms with Gasteiger partial charge in [-0.25, -0.2) is 15.0 Å². The van der Waals surface area contributed by atoms with Crippen LogP contribution in [0, 0.1) is 5.92 Å². The molecule has 11 heteroatoms. The molecule has 36 heavy (non-hydrogen) atoms. The molecule has 1 saturated heterocycles. The number of anilines is 3. The van der Waals surface area contributed by atoms with Crippen LogP contribution in [0.25, 0.3) is 22.4 Å². The third kappa shape index (κ3) is 4.67. The highest BCUT2D eigenvalue weighted by atomic mass is 16.5. The monoisotopic (exact) mass is 486 g/mol. The quantitative estimate of drug-likeness (QED) is 0.408. The fourth-order valence-electron chi connectivity index (χ4n) is 4.37. The van der Waals surface area contributed by atoms with E-state index < -0.39 is 0 Å². The second-order valence-electron chi connectivity index (χ2n) is 8.74. The second kappa shape index (κ2) is 9.61. The van der Waals surface area contributed by atoms with E-state index in [9.17, 15) is 9.59 Å². The summed E-state index contributed by atoms with van der Waals surface area (Å²) in [5.41, 5.74) is 2.27. The molecule has 0 bridgehead atoms. The molecule has 5 rings (SSSR count). The number of amides is 2. The largest absolute Gasteiger partial charge is 0.491 e. The van der Waals surface area contributed by atoms with E-state index in [-0.39, 0.29) is 17.7 Å². The summed E-state index contributed by atoms with van der Waals surface area (Å²) >= 11 is 0. The van der Waals surface area contributed by atoms with E-state index in [4.69, 9.17) is 14.8 Å². The molecule has 0 spiro atoms. The molecule has 1 aliphatic heterocycles. The van der Waals surface area contributed by atoms with Gasteiger partial charge >= 0.3 is 0 Å². The summed E-state index contributed by atoms with van der Waals surface area (Å²) in [4.78, 5) is 38.6. The van der Waals surface area contributed by atoms with Crippen molar-refractivity contribution in [2.24, 2.45) is 5.92 Å². The molecule has 1 unspecified atom stereocenters. The van der Waals surface area contributed by atoms with Crippen LogP contribution in [0.5, 0.6) is 5.75 Å². The van der Waals surface area contributed by atoms with Gasteiger partial charge in [-0.2, -0.15) is 5.10 Å². The molecule has 2 amide bonds. The number of methoxy groups -OCH3 is 1. The first-order valence-corrected chi connectivity index (χ1v) is 11.5. The number of carbonyl (C=O) groups is 2. The molecule has 0 aliphatic carbocycles. The third-order valence-electron chi connectivity index (χ3n) is 6.02. The third-order valence-corrected chi connectivity index (χ3v) is 6.02. The molecule has 4 aromatic rings. The van der Waals surface area contributed by atoms with Gasteiger partial charge in [0.15, 0.2) is 17.4 Å². The average molecular weight is 487 g/mol. The van der Waals surface area contributed by atoms with Gasteiger partial charge in [0.05, 0.1) is 18.8 Å². The first kappa shape index (κ1) is 23.2. The van der Waals surface area contributed by atoms with Gasteiger partial charge in [-0.1, -0.05) is 18.2 Å². The van der Waals surface area contributed by atoms with E-state index in [2.05, 4.69) is 20.6 Å². The van der Waals surface area contributed by atoms with Crippen LogP contribution in [-0.2, 0) is 16.1 Å². The Labute approximate surface area is 207 Å². The number of aromatic nitrogens is 5. The summed E-state index contributed by atoms with van der Waals surface area (Å²) in [6.07, 6.45) is 3.70. The Morgan fingerprint density at radius 2 is 2.06 bits per heavy atom. The summed E-state index contributed by atoms with van der Waals surface area (Å²) in [6, 6.07) is 11.4. The van der Waals surface area contributed by atoms with Gasteiger partial charge in [-0.15, -0.1) is 0 Å². The fraction of sp³-hybridized carbons (Fsp3) is 0.280. The molecule has 0 saturated carbocycles. The molecule has 4 heterocycles. The van der Waals surface area contributed by atoms with Crippen LogP contribution in [0.4, 0.5) is 17.3 Å². The van der Waals surface area contributed by atoms with Gasteiger partial charge in [-0.05, 0) is 12.1 Å². The number of nitrogens with one attached hydrogen (secondary N) is 2. The van der Waals surface area contributed by atoms with Gasteiger partial charge in [0, 0.05) is 62.7 Å². The number of hydrogen-bond acceptors (Lipinski definition) is 8. The maximum atomic E-state index is 12.0. The standard InChI is InChI=1S/C25H26N8O3/c1-15(34)28-21-11-17(8-9-26-21)29-24-20(36-3)12-27-25(30-24)23-18-6-4-5-7-19(18)33(31-23)14-16-10-22(35)32(2)13-16/h4-9,11-12,16H,10,13-14H2,1-3H3,(H2,26,27,28,29,30,34). The Morgan fingerprint density at radius 3 is 2.81 bits per heavy atom. The summed E-state index contributed by atoms with van der Waals surface area (Å²) < 4.78 is 7.41. The normalized spacial score (nSPS) is 15.4. The number of pyridine rings is 1. The highest BCUT2D eigenvalue weighted by molar-refractivity contribution is 5.92. The number of benzene rings is 1. The Hall–Kier alpha value is -4.54. The smallest absolute Gasteiger partial charge is 0.222 e. The molecule has 0 radical (unpaired) electrons. The second-order valence-corrected chi connectivity index (χ2v) is 8.74. The summed E-state index contributed by atoms with van der Waals surface area (Å²) in [6.45, 7) is 2.76. The number of likely N-dealkylation sites (tertiary alicyclic amines) is 1. The van der Waals surface area contributed by atoms with Crippen LogP contribution in [0.2, 0.25) is 0 Å². The van der Waals surface area contributed by atoms with Crippen molar-refractivity contribution in [1.29, 1.82) is 0 Å². The van der Waals surface area contributed by atoms with Crippen molar-refractivity contribution in [3.8, 4) is 17.3 Å². The molecule has 2 N–H and O–H groups in total. The van der Waals surface area contributed by atoms with Crippen molar-refractivity contribution in [3.05, 3.63) is 48.8 Å². The van der Waals surface area contributed by atoms with Crippen LogP contribution in [0.1, 0.15) is 13.3 Å². The molecule has 1 aromatic carbocycles. The van der Waals surface area contributed by atoms with Crippen LogP contribution >= 0.6 is 0 Å². The van der Waals surface area contributed by atoms with E-state index in [1.54, 1.807) is 36.5 Å². The molecule has 1 fully saturated rings.